The molecule has 0 aromatic rings. The Balaban J connectivity index is 1.21. The summed E-state index contributed by atoms with van der Waals surface area (Å²) >= 11 is 0. The number of carbonyl (C=O) groups is 2. The number of hydrogen-bond acceptors (Lipinski definition) is 6. The molecule has 0 amide bonds. The van der Waals surface area contributed by atoms with Crippen molar-refractivity contribution in [2.45, 2.75) is 166 Å². The molecule has 3 aliphatic heterocycles. The molecule has 0 bridgehead atoms. The van der Waals surface area contributed by atoms with Gasteiger partial charge in [0.15, 0.2) is 5.72 Å². The van der Waals surface area contributed by atoms with Crippen LogP contribution in [0.4, 0.5) is 0 Å². The standard InChI is InChI=1S/C28H50N2O4/c1-24(2)17-21(18-25(3,4)29-24)33-22(31)15-13-11-9-10-12-14-16-23(32)34-28-19-26(5,6)30(28)27(7,8)20-28/h21,29H,9-20H2,1-8H3. The molecule has 1 N–H and O–H groups in total. The molecule has 196 valence electrons. The molecule has 3 heterocycles. The number of fused-ring (bicyclic) bond motifs is 1. The van der Waals surface area contributed by atoms with E-state index in [1.54, 1.807) is 0 Å². The number of unbranched alkanes of at least 4 members (excludes halogenated alkanes) is 5. The van der Waals surface area contributed by atoms with Crippen LogP contribution in [0.2, 0.25) is 0 Å². The van der Waals surface area contributed by atoms with E-state index in [1.807, 2.05) is 0 Å². The molecule has 0 aromatic carbocycles. The van der Waals surface area contributed by atoms with Crippen molar-refractivity contribution in [2.24, 2.45) is 0 Å². The first-order valence-corrected chi connectivity index (χ1v) is 13.6. The summed E-state index contributed by atoms with van der Waals surface area (Å²) in [5.41, 5.74) is -0.120. The number of nitrogens with zero attached hydrogens (tertiary/aromatic N) is 1. The van der Waals surface area contributed by atoms with Crippen LogP contribution in [0.25, 0.3) is 0 Å². The Morgan fingerprint density at radius 2 is 1.18 bits per heavy atom. The lowest BCUT2D eigenvalue weighted by molar-refractivity contribution is -0.370. The third-order valence-corrected chi connectivity index (χ3v) is 7.80. The minimum atomic E-state index is -0.335. The van der Waals surface area contributed by atoms with Crippen LogP contribution in [0.5, 0.6) is 0 Å². The molecular weight excluding hydrogens is 428 g/mol. The maximum Gasteiger partial charge on any atom is 0.307 e. The predicted octanol–water partition coefficient (Wildman–Crippen LogP) is 5.87. The largest absolute Gasteiger partial charge is 0.462 e. The number of rotatable bonds is 11. The highest BCUT2D eigenvalue weighted by atomic mass is 16.6. The van der Waals surface area contributed by atoms with Gasteiger partial charge in [-0.15, -0.1) is 0 Å². The van der Waals surface area contributed by atoms with Gasteiger partial charge in [0.05, 0.1) is 0 Å². The fourth-order valence-electron chi connectivity index (χ4n) is 7.65. The summed E-state index contributed by atoms with van der Waals surface area (Å²) in [6.07, 6.45) is 10.6. The average molecular weight is 479 g/mol. The molecule has 0 atom stereocenters. The molecule has 3 rings (SSSR count). The maximum absolute atomic E-state index is 12.4. The second kappa shape index (κ2) is 9.72. The molecule has 0 spiro atoms. The van der Waals surface area contributed by atoms with Crippen LogP contribution >= 0.6 is 0 Å². The molecule has 0 radical (unpaired) electrons. The van der Waals surface area contributed by atoms with E-state index in [1.165, 1.54) is 0 Å². The van der Waals surface area contributed by atoms with Crippen molar-refractivity contribution in [2.75, 3.05) is 0 Å². The SMILES string of the molecule is CC1(C)CC(OC(=O)CCCCCCCCC(=O)OC23CC(C)(C)N2C(C)(C)C3)CC(C)(C)N1. The van der Waals surface area contributed by atoms with Crippen molar-refractivity contribution in [3.05, 3.63) is 0 Å². The second-order valence-electron chi connectivity index (χ2n) is 13.8. The van der Waals surface area contributed by atoms with Gasteiger partial charge in [0, 0.05) is 60.7 Å². The third kappa shape index (κ3) is 6.54. The van der Waals surface area contributed by atoms with Crippen molar-refractivity contribution < 1.29 is 19.1 Å². The summed E-state index contributed by atoms with van der Waals surface area (Å²) < 4.78 is 11.7. The zero-order valence-corrected chi connectivity index (χ0v) is 23.1. The van der Waals surface area contributed by atoms with Gasteiger partial charge in [-0.25, -0.2) is 0 Å². The third-order valence-electron chi connectivity index (χ3n) is 7.80. The van der Waals surface area contributed by atoms with Crippen molar-refractivity contribution >= 4 is 11.9 Å². The van der Waals surface area contributed by atoms with Gasteiger partial charge in [-0.2, -0.15) is 0 Å². The van der Waals surface area contributed by atoms with Gasteiger partial charge in [-0.3, -0.25) is 14.5 Å². The Hall–Kier alpha value is -1.14. The van der Waals surface area contributed by atoms with Gasteiger partial charge in [0.2, 0.25) is 0 Å². The monoisotopic (exact) mass is 478 g/mol. The fraction of sp³-hybridized carbons (Fsp3) is 0.929. The van der Waals surface area contributed by atoms with Gasteiger partial charge in [-0.1, -0.05) is 25.7 Å². The molecule has 34 heavy (non-hydrogen) atoms. The minimum Gasteiger partial charge on any atom is -0.462 e. The summed E-state index contributed by atoms with van der Waals surface area (Å²) in [4.78, 5) is 27.1. The van der Waals surface area contributed by atoms with E-state index in [0.717, 1.165) is 64.2 Å². The van der Waals surface area contributed by atoms with Gasteiger partial charge in [0.25, 0.3) is 0 Å². The van der Waals surface area contributed by atoms with E-state index < -0.39 is 0 Å². The molecule has 3 fully saturated rings. The van der Waals surface area contributed by atoms with Crippen LogP contribution in [-0.4, -0.2) is 50.8 Å². The van der Waals surface area contributed by atoms with Crippen LogP contribution < -0.4 is 5.32 Å². The molecule has 0 unspecified atom stereocenters. The molecule has 3 aliphatic rings. The Labute approximate surface area is 207 Å². The van der Waals surface area contributed by atoms with E-state index in [4.69, 9.17) is 9.47 Å². The number of carbonyl (C=O) groups excluding carboxylic acids is 2. The molecule has 0 aliphatic carbocycles. The van der Waals surface area contributed by atoms with E-state index in [2.05, 4.69) is 65.6 Å². The topological polar surface area (TPSA) is 67.9 Å². The lowest BCUT2D eigenvalue weighted by Crippen LogP contribution is -2.87. The number of ether oxygens (including phenoxy) is 2. The van der Waals surface area contributed by atoms with Gasteiger partial charge in [0.1, 0.15) is 6.10 Å². The molecule has 6 nitrogen and oxygen atoms in total. The first-order valence-electron chi connectivity index (χ1n) is 13.6. The van der Waals surface area contributed by atoms with Gasteiger partial charge in [-0.05, 0) is 68.2 Å². The highest BCUT2D eigenvalue weighted by Gasteiger charge is 2.72. The summed E-state index contributed by atoms with van der Waals surface area (Å²) in [5, 5.41) is 3.62. The number of nitrogens with one attached hydrogen (secondary N) is 1. The van der Waals surface area contributed by atoms with Gasteiger partial charge < -0.3 is 14.8 Å². The Morgan fingerprint density at radius 3 is 1.65 bits per heavy atom. The van der Waals surface area contributed by atoms with Crippen LogP contribution in [0, 0.1) is 0 Å². The average Bonchev–Trinajstić information content (AvgIpc) is 2.58. The van der Waals surface area contributed by atoms with Crippen molar-refractivity contribution in [3.8, 4) is 0 Å². The van der Waals surface area contributed by atoms with Crippen molar-refractivity contribution in [1.29, 1.82) is 0 Å². The van der Waals surface area contributed by atoms with Crippen LogP contribution in [-0.2, 0) is 19.1 Å². The van der Waals surface area contributed by atoms with Crippen molar-refractivity contribution in [1.82, 2.24) is 10.2 Å². The number of esters is 2. The highest BCUT2D eigenvalue weighted by Crippen LogP contribution is 2.62. The Morgan fingerprint density at radius 1 is 0.735 bits per heavy atom. The van der Waals surface area contributed by atoms with Crippen LogP contribution in [0.3, 0.4) is 0 Å². The summed E-state index contributed by atoms with van der Waals surface area (Å²) in [5.74, 6) is -0.115. The molecule has 6 heteroatoms. The van der Waals surface area contributed by atoms with E-state index >= 15 is 0 Å². The first kappa shape index (κ1) is 27.4. The zero-order chi connectivity index (χ0) is 25.4. The first-order chi connectivity index (χ1) is 15.6. The minimum absolute atomic E-state index is 0.00198. The predicted molar refractivity (Wildman–Crippen MR) is 135 cm³/mol. The summed E-state index contributed by atoms with van der Waals surface area (Å²) in [7, 11) is 0. The lowest BCUT2D eigenvalue weighted by atomic mass is 9.61. The smallest absolute Gasteiger partial charge is 0.307 e. The molecule has 0 saturated carbocycles. The molecule has 3 saturated heterocycles. The summed E-state index contributed by atoms with van der Waals surface area (Å²) in [6.45, 7) is 17.6. The zero-order valence-electron chi connectivity index (χ0n) is 23.1. The molecular formula is C28H50N2O4. The fourth-order valence-corrected chi connectivity index (χ4v) is 7.65. The van der Waals surface area contributed by atoms with E-state index in [9.17, 15) is 9.59 Å². The maximum atomic E-state index is 12.4. The number of piperidine rings is 2. The second-order valence-corrected chi connectivity index (χ2v) is 13.8. The van der Waals surface area contributed by atoms with Crippen LogP contribution in [0.15, 0.2) is 0 Å². The van der Waals surface area contributed by atoms with Crippen molar-refractivity contribution in [3.63, 3.8) is 0 Å². The quantitative estimate of drug-likeness (QED) is 0.296. The lowest BCUT2D eigenvalue weighted by Gasteiger charge is -2.76. The van der Waals surface area contributed by atoms with E-state index in [0.29, 0.717) is 12.8 Å². The van der Waals surface area contributed by atoms with Gasteiger partial charge >= 0.3 is 11.9 Å². The Bertz CT molecular complexity index is 722. The summed E-state index contributed by atoms with van der Waals surface area (Å²) in [6, 6.07) is 0. The van der Waals surface area contributed by atoms with E-state index in [-0.39, 0.29) is 45.9 Å². The Kier molecular flexibility index (Phi) is 7.85. The number of hydrogen-bond donors (Lipinski definition) is 1. The van der Waals surface area contributed by atoms with Crippen LogP contribution in [0.1, 0.15) is 132 Å². The molecule has 0 aromatic heterocycles. The normalized spacial score (nSPS) is 26.0. The highest BCUT2D eigenvalue weighted by molar-refractivity contribution is 5.70.